The third kappa shape index (κ3) is 2.60. The highest BCUT2D eigenvalue weighted by molar-refractivity contribution is 7.98. The highest BCUT2D eigenvalue weighted by Gasteiger charge is 2.06. The summed E-state index contributed by atoms with van der Waals surface area (Å²) in [5.74, 6) is 0. The van der Waals surface area contributed by atoms with Crippen LogP contribution in [0.25, 0.3) is 10.2 Å². The molecule has 4 heteroatoms. The van der Waals surface area contributed by atoms with Crippen molar-refractivity contribution in [3.05, 3.63) is 48.0 Å². The molecule has 1 heterocycles. The van der Waals surface area contributed by atoms with Crippen LogP contribution < -0.4 is 5.32 Å². The molecular weight excluding hydrogens is 272 g/mol. The molecule has 0 radical (unpaired) electrons. The summed E-state index contributed by atoms with van der Waals surface area (Å²) in [4.78, 5) is 5.86. The van der Waals surface area contributed by atoms with Crippen LogP contribution in [0.5, 0.6) is 0 Å². The Morgan fingerprint density at radius 3 is 2.84 bits per heavy atom. The van der Waals surface area contributed by atoms with Gasteiger partial charge in [0.25, 0.3) is 0 Å². The molecule has 96 valence electrons. The summed E-state index contributed by atoms with van der Waals surface area (Å²) in [5.41, 5.74) is 3.44. The molecule has 3 rings (SSSR count). The number of rotatable bonds is 3. The molecule has 19 heavy (non-hydrogen) atoms. The average Bonchev–Trinajstić information content (AvgIpc) is 2.80. The molecule has 0 spiro atoms. The van der Waals surface area contributed by atoms with Crippen molar-refractivity contribution in [1.82, 2.24) is 4.98 Å². The molecule has 0 atom stereocenters. The fraction of sp³-hybridized carbons (Fsp3) is 0.133. The van der Waals surface area contributed by atoms with E-state index >= 15 is 0 Å². The lowest BCUT2D eigenvalue weighted by Crippen LogP contribution is -1.90. The predicted molar refractivity (Wildman–Crippen MR) is 85.9 cm³/mol. The van der Waals surface area contributed by atoms with Crippen LogP contribution in [0.4, 0.5) is 10.8 Å². The smallest absolute Gasteiger partial charge is 0.188 e. The molecule has 1 N–H and O–H groups in total. The number of anilines is 2. The summed E-state index contributed by atoms with van der Waals surface area (Å²) in [6, 6.07) is 14.7. The Morgan fingerprint density at radius 1 is 1.16 bits per heavy atom. The Morgan fingerprint density at radius 2 is 2.00 bits per heavy atom. The molecule has 1 aromatic heterocycles. The molecule has 0 saturated carbocycles. The second-order valence-corrected chi connectivity index (χ2v) is 6.19. The van der Waals surface area contributed by atoms with E-state index in [1.54, 1.807) is 23.1 Å². The van der Waals surface area contributed by atoms with Gasteiger partial charge in [-0.25, -0.2) is 4.98 Å². The van der Waals surface area contributed by atoms with Crippen LogP contribution in [0.3, 0.4) is 0 Å². The van der Waals surface area contributed by atoms with Gasteiger partial charge in [-0.2, -0.15) is 0 Å². The normalized spacial score (nSPS) is 10.8. The standard InChI is InChI=1S/C15H14N2S2/c1-10-7-8-12-14(9-10)19-15(17-12)16-11-5-3-4-6-13(11)18-2/h3-9H,1-2H3,(H,16,17). The number of hydrogen-bond acceptors (Lipinski definition) is 4. The third-order valence-corrected chi connectivity index (χ3v) is 4.62. The van der Waals surface area contributed by atoms with Crippen molar-refractivity contribution >= 4 is 44.1 Å². The highest BCUT2D eigenvalue weighted by atomic mass is 32.2. The van der Waals surface area contributed by atoms with Crippen molar-refractivity contribution in [2.24, 2.45) is 0 Å². The quantitative estimate of drug-likeness (QED) is 0.680. The SMILES string of the molecule is CSc1ccccc1Nc1nc2ccc(C)cc2s1. The van der Waals surface area contributed by atoms with E-state index in [2.05, 4.69) is 59.9 Å². The monoisotopic (exact) mass is 286 g/mol. The van der Waals surface area contributed by atoms with Crippen LogP contribution in [-0.4, -0.2) is 11.2 Å². The highest BCUT2D eigenvalue weighted by Crippen LogP contribution is 2.32. The maximum absolute atomic E-state index is 4.62. The Labute approximate surface area is 120 Å². The summed E-state index contributed by atoms with van der Waals surface area (Å²) >= 11 is 3.43. The zero-order valence-corrected chi connectivity index (χ0v) is 12.4. The molecule has 3 aromatic rings. The topological polar surface area (TPSA) is 24.9 Å². The van der Waals surface area contributed by atoms with E-state index < -0.39 is 0 Å². The summed E-state index contributed by atoms with van der Waals surface area (Å²) in [6.45, 7) is 2.11. The number of benzene rings is 2. The summed E-state index contributed by atoms with van der Waals surface area (Å²) in [5, 5.41) is 4.37. The molecule has 0 saturated heterocycles. The molecule has 0 aliphatic rings. The first-order chi connectivity index (χ1) is 9.26. The van der Waals surface area contributed by atoms with Crippen LogP contribution in [0.2, 0.25) is 0 Å². The number of aryl methyl sites for hydroxylation is 1. The Kier molecular flexibility index (Phi) is 3.44. The van der Waals surface area contributed by atoms with Crippen LogP contribution in [0, 0.1) is 6.92 Å². The number of thioether (sulfide) groups is 1. The summed E-state index contributed by atoms with van der Waals surface area (Å²) in [6.07, 6.45) is 2.09. The van der Waals surface area contributed by atoms with Gasteiger partial charge in [0, 0.05) is 4.90 Å². The largest absolute Gasteiger partial charge is 0.331 e. The molecule has 2 nitrogen and oxygen atoms in total. The fourth-order valence-corrected chi connectivity index (χ4v) is 3.48. The lowest BCUT2D eigenvalue weighted by atomic mass is 10.2. The van der Waals surface area contributed by atoms with E-state index in [1.807, 2.05) is 6.07 Å². The van der Waals surface area contributed by atoms with Gasteiger partial charge in [-0.05, 0) is 43.0 Å². The van der Waals surface area contributed by atoms with Crippen molar-refractivity contribution in [1.29, 1.82) is 0 Å². The van der Waals surface area contributed by atoms with Gasteiger partial charge in [0.05, 0.1) is 15.9 Å². The maximum Gasteiger partial charge on any atom is 0.188 e. The Hall–Kier alpha value is -1.52. The van der Waals surface area contributed by atoms with E-state index in [-0.39, 0.29) is 0 Å². The van der Waals surface area contributed by atoms with Crippen LogP contribution in [0.15, 0.2) is 47.4 Å². The fourth-order valence-electron chi connectivity index (χ4n) is 1.95. The minimum absolute atomic E-state index is 0.946. The van der Waals surface area contributed by atoms with E-state index in [0.29, 0.717) is 0 Å². The molecule has 0 amide bonds. The zero-order valence-electron chi connectivity index (χ0n) is 10.8. The Balaban J connectivity index is 1.96. The molecule has 0 unspecified atom stereocenters. The van der Waals surface area contributed by atoms with Gasteiger partial charge in [0.1, 0.15) is 0 Å². The first-order valence-electron chi connectivity index (χ1n) is 6.03. The summed E-state index contributed by atoms with van der Waals surface area (Å²) in [7, 11) is 0. The van der Waals surface area contributed by atoms with Crippen molar-refractivity contribution in [2.75, 3.05) is 11.6 Å². The number of hydrogen-bond donors (Lipinski definition) is 1. The lowest BCUT2D eigenvalue weighted by molar-refractivity contribution is 1.38. The van der Waals surface area contributed by atoms with Crippen molar-refractivity contribution < 1.29 is 0 Å². The molecular formula is C15H14N2S2. The number of nitrogens with zero attached hydrogens (tertiary/aromatic N) is 1. The van der Waals surface area contributed by atoms with Gasteiger partial charge in [-0.1, -0.05) is 29.5 Å². The molecule has 2 aromatic carbocycles. The summed E-state index contributed by atoms with van der Waals surface area (Å²) < 4.78 is 1.23. The van der Waals surface area contributed by atoms with E-state index in [1.165, 1.54) is 15.2 Å². The molecule has 0 bridgehead atoms. The van der Waals surface area contributed by atoms with Gasteiger partial charge < -0.3 is 5.32 Å². The van der Waals surface area contributed by atoms with Gasteiger partial charge in [-0.3, -0.25) is 0 Å². The predicted octanol–water partition coefficient (Wildman–Crippen LogP) is 5.07. The van der Waals surface area contributed by atoms with Crippen molar-refractivity contribution in [3.8, 4) is 0 Å². The Bertz CT molecular complexity index is 719. The lowest BCUT2D eigenvalue weighted by Gasteiger charge is -2.06. The zero-order chi connectivity index (χ0) is 13.2. The second-order valence-electron chi connectivity index (χ2n) is 4.32. The van der Waals surface area contributed by atoms with Gasteiger partial charge in [0.2, 0.25) is 0 Å². The number of thiazole rings is 1. The van der Waals surface area contributed by atoms with E-state index in [0.717, 1.165) is 16.3 Å². The van der Waals surface area contributed by atoms with Crippen LogP contribution >= 0.6 is 23.1 Å². The third-order valence-electron chi connectivity index (χ3n) is 2.89. The van der Waals surface area contributed by atoms with Gasteiger partial charge in [0.15, 0.2) is 5.13 Å². The molecule has 0 aliphatic carbocycles. The minimum atomic E-state index is 0.946. The minimum Gasteiger partial charge on any atom is -0.331 e. The van der Waals surface area contributed by atoms with E-state index in [9.17, 15) is 0 Å². The van der Waals surface area contributed by atoms with Crippen LogP contribution in [-0.2, 0) is 0 Å². The van der Waals surface area contributed by atoms with Crippen LogP contribution in [0.1, 0.15) is 5.56 Å². The molecule has 0 fully saturated rings. The number of fused-ring (bicyclic) bond motifs is 1. The number of para-hydroxylation sites is 1. The first kappa shape index (κ1) is 12.5. The van der Waals surface area contributed by atoms with E-state index in [4.69, 9.17) is 0 Å². The van der Waals surface area contributed by atoms with Crippen molar-refractivity contribution in [3.63, 3.8) is 0 Å². The molecule has 0 aliphatic heterocycles. The average molecular weight is 286 g/mol. The van der Waals surface area contributed by atoms with Gasteiger partial charge in [-0.15, -0.1) is 11.8 Å². The first-order valence-corrected chi connectivity index (χ1v) is 8.07. The second kappa shape index (κ2) is 5.23. The van der Waals surface area contributed by atoms with Crippen molar-refractivity contribution in [2.45, 2.75) is 11.8 Å². The maximum atomic E-state index is 4.62. The van der Waals surface area contributed by atoms with Gasteiger partial charge >= 0.3 is 0 Å². The number of aromatic nitrogens is 1. The number of nitrogens with one attached hydrogen (secondary N) is 1.